The first kappa shape index (κ1) is 13.6. The van der Waals surface area contributed by atoms with Gasteiger partial charge in [0.15, 0.2) is 0 Å². The molecule has 20 heavy (non-hydrogen) atoms. The van der Waals surface area contributed by atoms with Gasteiger partial charge in [0, 0.05) is 35.6 Å². The van der Waals surface area contributed by atoms with Crippen LogP contribution in [0.1, 0.15) is 23.2 Å². The van der Waals surface area contributed by atoms with Crippen LogP contribution in [0.3, 0.4) is 0 Å². The molecule has 3 rings (SSSR count). The molecular formula is C16H17BrN2O. The number of nitrogens with zero attached hydrogens (tertiary/aromatic N) is 2. The van der Waals surface area contributed by atoms with Crippen molar-refractivity contribution in [3.05, 3.63) is 42.1 Å². The van der Waals surface area contributed by atoms with E-state index in [0.29, 0.717) is 10.7 Å². The Morgan fingerprint density at radius 3 is 2.95 bits per heavy atom. The predicted octanol–water partition coefficient (Wildman–Crippen LogP) is 3.48. The van der Waals surface area contributed by atoms with E-state index < -0.39 is 0 Å². The van der Waals surface area contributed by atoms with Crippen LogP contribution in [0.4, 0.5) is 0 Å². The molecule has 1 fully saturated rings. The Morgan fingerprint density at radius 2 is 2.20 bits per heavy atom. The van der Waals surface area contributed by atoms with Crippen molar-refractivity contribution in [1.29, 1.82) is 0 Å². The number of pyridine rings is 1. The predicted molar refractivity (Wildman–Crippen MR) is 84.1 cm³/mol. The Labute approximate surface area is 127 Å². The second kappa shape index (κ2) is 5.52. The van der Waals surface area contributed by atoms with Crippen LogP contribution in [0.2, 0.25) is 0 Å². The first-order valence-electron chi connectivity index (χ1n) is 6.88. The molecule has 0 bridgehead atoms. The van der Waals surface area contributed by atoms with Gasteiger partial charge in [-0.3, -0.25) is 9.78 Å². The molecule has 104 valence electrons. The Balaban J connectivity index is 1.74. The van der Waals surface area contributed by atoms with Gasteiger partial charge in [-0.05, 0) is 43.0 Å². The largest absolute Gasteiger partial charge is 0.341 e. The van der Waals surface area contributed by atoms with E-state index in [-0.39, 0.29) is 5.91 Å². The molecule has 0 aliphatic heterocycles. The van der Waals surface area contributed by atoms with Crippen LogP contribution in [-0.2, 0) is 0 Å². The number of halogens is 1. The Kier molecular flexibility index (Phi) is 3.74. The topological polar surface area (TPSA) is 33.2 Å². The summed E-state index contributed by atoms with van der Waals surface area (Å²) in [4.78, 5) is 19.2. The molecule has 1 aliphatic carbocycles. The average Bonchev–Trinajstić information content (AvgIpc) is 2.44. The van der Waals surface area contributed by atoms with Crippen molar-refractivity contribution < 1.29 is 4.79 Å². The lowest BCUT2D eigenvalue weighted by atomic mass is 9.85. The zero-order chi connectivity index (χ0) is 14.1. The van der Waals surface area contributed by atoms with Gasteiger partial charge in [0.25, 0.3) is 5.91 Å². The first-order chi connectivity index (χ1) is 9.63. The minimum Gasteiger partial charge on any atom is -0.341 e. The van der Waals surface area contributed by atoms with Gasteiger partial charge in [0.2, 0.25) is 0 Å². The van der Waals surface area contributed by atoms with Gasteiger partial charge >= 0.3 is 0 Å². The smallest absolute Gasteiger partial charge is 0.253 e. The standard InChI is InChI=1S/C16H17BrN2O/c1-19(10-11-7-14(17)8-11)16(20)13-4-5-15-12(9-13)3-2-6-18-15/h2-6,9,11,14H,7-8,10H2,1H3. The summed E-state index contributed by atoms with van der Waals surface area (Å²) in [6, 6.07) is 9.58. The lowest BCUT2D eigenvalue weighted by Gasteiger charge is -2.34. The fraction of sp³-hybridized carbons (Fsp3) is 0.375. The van der Waals surface area contributed by atoms with E-state index in [1.165, 1.54) is 12.8 Å². The van der Waals surface area contributed by atoms with Crippen molar-refractivity contribution in [2.45, 2.75) is 17.7 Å². The molecular weight excluding hydrogens is 316 g/mol. The monoisotopic (exact) mass is 332 g/mol. The van der Waals surface area contributed by atoms with Crippen LogP contribution in [0.5, 0.6) is 0 Å². The van der Waals surface area contributed by atoms with E-state index in [4.69, 9.17) is 0 Å². The van der Waals surface area contributed by atoms with Crippen LogP contribution in [0, 0.1) is 5.92 Å². The van der Waals surface area contributed by atoms with Crippen molar-refractivity contribution in [3.8, 4) is 0 Å². The van der Waals surface area contributed by atoms with E-state index in [0.717, 1.165) is 23.0 Å². The van der Waals surface area contributed by atoms with Gasteiger partial charge in [0.1, 0.15) is 0 Å². The number of carbonyl (C=O) groups excluding carboxylic acids is 1. The number of rotatable bonds is 3. The highest BCUT2D eigenvalue weighted by molar-refractivity contribution is 9.09. The van der Waals surface area contributed by atoms with Gasteiger partial charge in [-0.15, -0.1) is 0 Å². The van der Waals surface area contributed by atoms with Gasteiger partial charge < -0.3 is 4.90 Å². The molecule has 1 aromatic heterocycles. The third-order valence-electron chi connectivity index (χ3n) is 3.91. The molecule has 4 heteroatoms. The average molecular weight is 333 g/mol. The maximum absolute atomic E-state index is 12.4. The van der Waals surface area contributed by atoms with Gasteiger partial charge in [0.05, 0.1) is 5.52 Å². The lowest BCUT2D eigenvalue weighted by Crippen LogP contribution is -2.37. The zero-order valence-electron chi connectivity index (χ0n) is 11.4. The minimum atomic E-state index is 0.0915. The first-order valence-corrected chi connectivity index (χ1v) is 7.79. The fourth-order valence-corrected chi connectivity index (χ4v) is 3.76. The zero-order valence-corrected chi connectivity index (χ0v) is 13.0. The van der Waals surface area contributed by atoms with Crippen molar-refractivity contribution in [1.82, 2.24) is 9.88 Å². The molecule has 1 amide bonds. The van der Waals surface area contributed by atoms with Crippen LogP contribution < -0.4 is 0 Å². The number of carbonyl (C=O) groups is 1. The number of benzene rings is 1. The van der Waals surface area contributed by atoms with Gasteiger partial charge in [-0.1, -0.05) is 22.0 Å². The molecule has 0 unspecified atom stereocenters. The summed E-state index contributed by atoms with van der Waals surface area (Å²) in [6.07, 6.45) is 4.10. The second-order valence-electron chi connectivity index (χ2n) is 5.53. The lowest BCUT2D eigenvalue weighted by molar-refractivity contribution is 0.0749. The number of alkyl halides is 1. The molecule has 2 aromatic rings. The summed E-state index contributed by atoms with van der Waals surface area (Å²) in [5.41, 5.74) is 1.66. The Bertz CT molecular complexity index is 637. The van der Waals surface area contributed by atoms with E-state index in [2.05, 4.69) is 20.9 Å². The SMILES string of the molecule is CN(CC1CC(Br)C1)C(=O)c1ccc2ncccc2c1. The minimum absolute atomic E-state index is 0.0915. The molecule has 0 N–H and O–H groups in total. The molecule has 0 saturated heterocycles. The van der Waals surface area contributed by atoms with Crippen LogP contribution in [0.15, 0.2) is 36.5 Å². The third-order valence-corrected chi connectivity index (χ3v) is 4.65. The molecule has 3 nitrogen and oxygen atoms in total. The highest BCUT2D eigenvalue weighted by atomic mass is 79.9. The van der Waals surface area contributed by atoms with Crippen molar-refractivity contribution in [3.63, 3.8) is 0 Å². The van der Waals surface area contributed by atoms with Gasteiger partial charge in [-0.25, -0.2) is 0 Å². The maximum atomic E-state index is 12.4. The number of fused-ring (bicyclic) bond motifs is 1. The highest BCUT2D eigenvalue weighted by Gasteiger charge is 2.28. The molecule has 0 atom stereocenters. The molecule has 1 saturated carbocycles. The third kappa shape index (κ3) is 2.70. The molecule has 0 spiro atoms. The molecule has 0 radical (unpaired) electrons. The normalized spacial score (nSPS) is 21.5. The highest BCUT2D eigenvalue weighted by Crippen LogP contribution is 2.33. The van der Waals surface area contributed by atoms with Crippen LogP contribution >= 0.6 is 15.9 Å². The van der Waals surface area contributed by atoms with Crippen LogP contribution in [0.25, 0.3) is 10.9 Å². The number of amides is 1. The summed E-state index contributed by atoms with van der Waals surface area (Å²) in [7, 11) is 1.89. The summed E-state index contributed by atoms with van der Waals surface area (Å²) >= 11 is 3.59. The maximum Gasteiger partial charge on any atom is 0.253 e. The molecule has 1 aliphatic rings. The molecule has 1 heterocycles. The van der Waals surface area contributed by atoms with Crippen molar-refractivity contribution >= 4 is 32.7 Å². The summed E-state index contributed by atoms with van der Waals surface area (Å²) in [5, 5.41) is 1.01. The quantitative estimate of drug-likeness (QED) is 0.806. The summed E-state index contributed by atoms with van der Waals surface area (Å²) in [6.45, 7) is 0.839. The van der Waals surface area contributed by atoms with E-state index in [1.807, 2.05) is 42.3 Å². The second-order valence-corrected chi connectivity index (χ2v) is 6.83. The number of hydrogen-bond donors (Lipinski definition) is 0. The Hall–Kier alpha value is -1.42. The van der Waals surface area contributed by atoms with Crippen molar-refractivity contribution in [2.75, 3.05) is 13.6 Å². The number of hydrogen-bond acceptors (Lipinski definition) is 2. The van der Waals surface area contributed by atoms with E-state index in [9.17, 15) is 4.79 Å². The van der Waals surface area contributed by atoms with Gasteiger partial charge in [-0.2, -0.15) is 0 Å². The van der Waals surface area contributed by atoms with E-state index >= 15 is 0 Å². The van der Waals surface area contributed by atoms with E-state index in [1.54, 1.807) is 6.20 Å². The Morgan fingerprint density at radius 1 is 1.40 bits per heavy atom. The van der Waals surface area contributed by atoms with Crippen molar-refractivity contribution in [2.24, 2.45) is 5.92 Å². The molecule has 1 aromatic carbocycles. The van der Waals surface area contributed by atoms with Crippen LogP contribution in [-0.4, -0.2) is 34.2 Å². The fourth-order valence-electron chi connectivity index (χ4n) is 2.70. The summed E-state index contributed by atoms with van der Waals surface area (Å²) in [5.74, 6) is 0.726. The number of aromatic nitrogens is 1. The summed E-state index contributed by atoms with van der Waals surface area (Å²) < 4.78 is 0.